The van der Waals surface area contributed by atoms with E-state index in [0.717, 1.165) is 12.2 Å². The summed E-state index contributed by atoms with van der Waals surface area (Å²) in [6.45, 7) is 8.18. The summed E-state index contributed by atoms with van der Waals surface area (Å²) in [5.41, 5.74) is 1.16. The Labute approximate surface area is 97.7 Å². The summed E-state index contributed by atoms with van der Waals surface area (Å²) in [5, 5.41) is 0. The smallest absolute Gasteiger partial charge is 0.0409 e. The third-order valence-electron chi connectivity index (χ3n) is 2.04. The minimum absolute atomic E-state index is 0.794. The van der Waals surface area contributed by atoms with Gasteiger partial charge in [0, 0.05) is 18.4 Å². The molecule has 0 atom stereocenters. The van der Waals surface area contributed by atoms with Gasteiger partial charge >= 0.3 is 0 Å². The van der Waals surface area contributed by atoms with Crippen LogP contribution in [0.1, 0.15) is 0 Å². The second-order valence-corrected chi connectivity index (χ2v) is 3.24. The lowest BCUT2D eigenvalue weighted by Crippen LogP contribution is -2.15. The molecule has 82 valence electrons. The highest BCUT2D eigenvalue weighted by Crippen LogP contribution is 2.13. The minimum atomic E-state index is 0.794. The van der Waals surface area contributed by atoms with Gasteiger partial charge in [0.25, 0.3) is 0 Å². The summed E-state index contributed by atoms with van der Waals surface area (Å²) < 4.78 is 0. The Bertz CT molecular complexity index is 374. The van der Waals surface area contributed by atoms with Gasteiger partial charge in [-0.05, 0) is 18.2 Å². The van der Waals surface area contributed by atoms with E-state index in [9.17, 15) is 0 Å². The van der Waals surface area contributed by atoms with Crippen LogP contribution in [0.25, 0.3) is 0 Å². The summed E-state index contributed by atoms with van der Waals surface area (Å²) >= 11 is 0. The molecule has 0 bridgehead atoms. The van der Waals surface area contributed by atoms with E-state index in [1.807, 2.05) is 48.7 Å². The number of hydrogen-bond acceptors (Lipinski definition) is 1. The van der Waals surface area contributed by atoms with Crippen LogP contribution in [0.4, 0.5) is 5.69 Å². The van der Waals surface area contributed by atoms with Crippen molar-refractivity contribution in [3.05, 3.63) is 80.1 Å². The van der Waals surface area contributed by atoms with Crippen molar-refractivity contribution in [1.82, 2.24) is 0 Å². The molecule has 0 spiro atoms. The molecule has 0 fully saturated rings. The van der Waals surface area contributed by atoms with Crippen molar-refractivity contribution in [3.63, 3.8) is 0 Å². The predicted octanol–water partition coefficient (Wildman–Crippen LogP) is 3.93. The number of hydrogen-bond donors (Lipinski definition) is 0. The van der Waals surface area contributed by atoms with E-state index >= 15 is 0 Å². The van der Waals surface area contributed by atoms with E-state index in [-0.39, 0.29) is 0 Å². The molecule has 0 aromatic heterocycles. The molecule has 0 radical (unpaired) electrons. The van der Waals surface area contributed by atoms with E-state index in [1.165, 1.54) is 0 Å². The zero-order chi connectivity index (χ0) is 11.6. The summed E-state index contributed by atoms with van der Waals surface area (Å²) in [5.74, 6) is 0. The summed E-state index contributed by atoms with van der Waals surface area (Å²) in [7, 11) is 0. The molecule has 0 aliphatic rings. The fourth-order valence-corrected chi connectivity index (χ4v) is 1.31. The van der Waals surface area contributed by atoms with Crippen molar-refractivity contribution in [3.8, 4) is 0 Å². The first-order valence-electron chi connectivity index (χ1n) is 5.27. The maximum atomic E-state index is 3.76. The van der Waals surface area contributed by atoms with Gasteiger partial charge in [-0.25, -0.2) is 0 Å². The molecule has 16 heavy (non-hydrogen) atoms. The normalized spacial score (nSPS) is 10.8. The second kappa shape index (κ2) is 7.30. The van der Waals surface area contributed by atoms with Crippen molar-refractivity contribution in [2.75, 3.05) is 11.4 Å². The van der Waals surface area contributed by atoms with Crippen LogP contribution in [0.15, 0.2) is 80.1 Å². The minimum Gasteiger partial charge on any atom is -0.344 e. The first-order valence-corrected chi connectivity index (χ1v) is 5.27. The molecule has 0 heterocycles. The number of benzene rings is 1. The first-order chi connectivity index (χ1) is 7.88. The van der Waals surface area contributed by atoms with Crippen molar-refractivity contribution in [2.24, 2.45) is 0 Å². The fourth-order valence-electron chi connectivity index (χ4n) is 1.31. The quantitative estimate of drug-likeness (QED) is 0.509. The molecule has 1 heteroatoms. The third-order valence-corrected chi connectivity index (χ3v) is 2.04. The van der Waals surface area contributed by atoms with Crippen LogP contribution in [0.2, 0.25) is 0 Å². The molecule has 0 aliphatic heterocycles. The lowest BCUT2D eigenvalue weighted by molar-refractivity contribution is 1.09. The van der Waals surface area contributed by atoms with Gasteiger partial charge in [0.15, 0.2) is 0 Å². The average Bonchev–Trinajstić information content (AvgIpc) is 2.34. The highest BCUT2D eigenvalue weighted by Gasteiger charge is 1.97. The van der Waals surface area contributed by atoms with Crippen LogP contribution >= 0.6 is 0 Å². The van der Waals surface area contributed by atoms with Crippen LogP contribution < -0.4 is 4.90 Å². The van der Waals surface area contributed by atoms with E-state index in [1.54, 1.807) is 6.08 Å². The topological polar surface area (TPSA) is 3.24 Å². The lowest BCUT2D eigenvalue weighted by atomic mass is 10.3. The van der Waals surface area contributed by atoms with E-state index < -0.39 is 0 Å². The van der Waals surface area contributed by atoms with E-state index in [2.05, 4.69) is 30.2 Å². The molecular weight excluding hydrogens is 194 g/mol. The molecule has 1 aromatic rings. The maximum Gasteiger partial charge on any atom is 0.0409 e. The van der Waals surface area contributed by atoms with Gasteiger partial charge in [0.2, 0.25) is 0 Å². The van der Waals surface area contributed by atoms with Crippen molar-refractivity contribution >= 4 is 5.69 Å². The van der Waals surface area contributed by atoms with Crippen LogP contribution in [0, 0.1) is 0 Å². The molecule has 0 saturated carbocycles. The van der Waals surface area contributed by atoms with Gasteiger partial charge in [-0.2, -0.15) is 0 Å². The molecule has 0 aliphatic carbocycles. The molecule has 0 amide bonds. The Morgan fingerprint density at radius 1 is 1.00 bits per heavy atom. The van der Waals surface area contributed by atoms with Crippen LogP contribution in [0.5, 0.6) is 0 Å². The van der Waals surface area contributed by atoms with Gasteiger partial charge < -0.3 is 4.90 Å². The highest BCUT2D eigenvalue weighted by molar-refractivity contribution is 5.49. The zero-order valence-corrected chi connectivity index (χ0v) is 9.42. The summed E-state index contributed by atoms with van der Waals surface area (Å²) in [6, 6.07) is 10.2. The first kappa shape index (κ1) is 12.1. The standard InChI is InChI=1S/C15H17N/c1-3-5-6-10-14-16(13-4-2)15-11-8-7-9-12-15/h3-12,14H,1-2,13H2/b6-5-,14-10+. The zero-order valence-electron chi connectivity index (χ0n) is 9.42. The molecule has 0 N–H and O–H groups in total. The molecule has 1 nitrogen and oxygen atoms in total. The number of para-hydroxylation sites is 1. The maximum absolute atomic E-state index is 3.76. The highest BCUT2D eigenvalue weighted by atomic mass is 15.1. The van der Waals surface area contributed by atoms with Gasteiger partial charge in [0.05, 0.1) is 0 Å². The van der Waals surface area contributed by atoms with Crippen molar-refractivity contribution < 1.29 is 0 Å². The van der Waals surface area contributed by atoms with Crippen LogP contribution in [0.3, 0.4) is 0 Å². The number of anilines is 1. The monoisotopic (exact) mass is 211 g/mol. The van der Waals surface area contributed by atoms with Crippen LogP contribution in [-0.2, 0) is 0 Å². The van der Waals surface area contributed by atoms with Gasteiger partial charge in [-0.15, -0.1) is 6.58 Å². The number of allylic oxidation sites excluding steroid dienone is 4. The van der Waals surface area contributed by atoms with Crippen LogP contribution in [-0.4, -0.2) is 6.54 Å². The Hall–Kier alpha value is -2.02. The average molecular weight is 211 g/mol. The number of rotatable bonds is 6. The van der Waals surface area contributed by atoms with Gasteiger partial charge in [0.1, 0.15) is 0 Å². The van der Waals surface area contributed by atoms with Gasteiger partial charge in [-0.3, -0.25) is 0 Å². The summed E-state index contributed by atoms with van der Waals surface area (Å²) in [4.78, 5) is 2.13. The lowest BCUT2D eigenvalue weighted by Gasteiger charge is -2.18. The van der Waals surface area contributed by atoms with E-state index in [4.69, 9.17) is 0 Å². The molecular formula is C15H17N. The Morgan fingerprint density at radius 3 is 2.38 bits per heavy atom. The van der Waals surface area contributed by atoms with Crippen molar-refractivity contribution in [1.29, 1.82) is 0 Å². The molecule has 1 rings (SSSR count). The Morgan fingerprint density at radius 2 is 1.75 bits per heavy atom. The third kappa shape index (κ3) is 4.01. The van der Waals surface area contributed by atoms with Gasteiger partial charge in [-0.1, -0.05) is 49.1 Å². The van der Waals surface area contributed by atoms with Crippen molar-refractivity contribution in [2.45, 2.75) is 0 Å². The van der Waals surface area contributed by atoms with E-state index in [0.29, 0.717) is 0 Å². The number of nitrogens with zero attached hydrogens (tertiary/aromatic N) is 1. The molecule has 0 saturated heterocycles. The second-order valence-electron chi connectivity index (χ2n) is 3.24. The molecule has 1 aromatic carbocycles. The Balaban J connectivity index is 2.75. The Kier molecular flexibility index (Phi) is 5.49. The molecule has 0 unspecified atom stereocenters. The SMILES string of the molecule is C=C/C=C\C=C\N(CC=C)c1ccccc1. The summed E-state index contributed by atoms with van der Waals surface area (Å²) in [6.07, 6.45) is 11.5. The fraction of sp³-hybridized carbons (Fsp3) is 0.0667. The predicted molar refractivity (Wildman–Crippen MR) is 72.5 cm³/mol. The largest absolute Gasteiger partial charge is 0.344 e.